The first-order valence-electron chi connectivity index (χ1n) is 11.8. The van der Waals surface area contributed by atoms with Gasteiger partial charge in [-0.1, -0.05) is 23.2 Å². The van der Waals surface area contributed by atoms with Gasteiger partial charge in [0, 0.05) is 12.1 Å². The Bertz CT molecular complexity index is 1240. The lowest BCUT2D eigenvalue weighted by atomic mass is 9.95. The van der Waals surface area contributed by atoms with E-state index >= 15 is 0 Å². The number of nitrogens with one attached hydrogen (secondary N) is 1. The van der Waals surface area contributed by atoms with Crippen molar-refractivity contribution in [1.29, 1.82) is 0 Å². The molecule has 2 aliphatic rings. The Balaban J connectivity index is 1.38. The Morgan fingerprint density at radius 2 is 1.72 bits per heavy atom. The van der Waals surface area contributed by atoms with E-state index in [0.29, 0.717) is 12.4 Å². The Morgan fingerprint density at radius 1 is 1.11 bits per heavy atom. The zero-order valence-corrected chi connectivity index (χ0v) is 22.3. The average molecular weight is 561 g/mol. The maximum Gasteiger partial charge on any atom is 0.267 e. The lowest BCUT2D eigenvalue weighted by Crippen LogP contribution is -2.37. The van der Waals surface area contributed by atoms with Gasteiger partial charge in [-0.05, 0) is 86.9 Å². The van der Waals surface area contributed by atoms with Gasteiger partial charge in [0.1, 0.15) is 11.6 Å². The van der Waals surface area contributed by atoms with Crippen LogP contribution >= 0.6 is 23.2 Å². The molecular weight excluding hydrogens is 533 g/mol. The number of nitrogens with zero attached hydrogens (tertiary/aromatic N) is 1. The number of amides is 1. The Kier molecular flexibility index (Phi) is 8.14. The van der Waals surface area contributed by atoms with Gasteiger partial charge in [-0.25, -0.2) is 21.9 Å². The number of carbonyl (C=O) groups excluding carboxylic acids is 1. The van der Waals surface area contributed by atoms with Crippen LogP contribution in [0.3, 0.4) is 0 Å². The third-order valence-electron chi connectivity index (χ3n) is 6.80. The quantitative estimate of drug-likeness (QED) is 0.420. The molecular formula is C25H28Cl2F2N2O4S. The smallest absolute Gasteiger partial charge is 0.267 e. The number of sulfonamides is 1. The second-order valence-corrected chi connectivity index (χ2v) is 12.2. The molecule has 196 valence electrons. The molecule has 1 saturated carbocycles. The van der Waals surface area contributed by atoms with Crippen LogP contribution in [-0.4, -0.2) is 45.2 Å². The van der Waals surface area contributed by atoms with E-state index in [9.17, 15) is 22.0 Å². The van der Waals surface area contributed by atoms with E-state index in [0.717, 1.165) is 56.2 Å². The van der Waals surface area contributed by atoms with Gasteiger partial charge in [-0.2, -0.15) is 0 Å². The molecule has 0 aromatic heterocycles. The lowest BCUT2D eigenvalue weighted by molar-refractivity contribution is 0.0977. The van der Waals surface area contributed by atoms with Crippen LogP contribution < -0.4 is 9.46 Å². The molecule has 1 unspecified atom stereocenters. The summed E-state index contributed by atoms with van der Waals surface area (Å²) in [5, 5.41) is 0.0114. The molecule has 36 heavy (non-hydrogen) atoms. The Labute approximate surface area is 220 Å². The SMILES string of the molecule is CC(c1cc(Cl)c(F)c(Cl)c1)N1CCC(COc2cc(F)c(C(=O)NS(C)(=O)=O)cc2C2CC2)CC1. The first-order valence-corrected chi connectivity index (χ1v) is 14.4. The second kappa shape index (κ2) is 10.8. The second-order valence-electron chi connectivity index (χ2n) is 9.61. The number of ether oxygens (including phenoxy) is 1. The minimum atomic E-state index is -3.81. The zero-order valence-electron chi connectivity index (χ0n) is 20.0. The Hall–Kier alpha value is -1.94. The largest absolute Gasteiger partial charge is 0.493 e. The van der Waals surface area contributed by atoms with Crippen LogP contribution in [0, 0.1) is 17.6 Å². The maximum atomic E-state index is 14.7. The van der Waals surface area contributed by atoms with Crippen LogP contribution in [0.5, 0.6) is 5.75 Å². The van der Waals surface area contributed by atoms with E-state index in [-0.39, 0.29) is 33.5 Å². The van der Waals surface area contributed by atoms with E-state index in [1.165, 1.54) is 12.1 Å². The molecule has 11 heteroatoms. The number of carbonyl (C=O) groups is 1. The predicted molar refractivity (Wildman–Crippen MR) is 135 cm³/mol. The third kappa shape index (κ3) is 6.49. The summed E-state index contributed by atoms with van der Waals surface area (Å²) in [6, 6.07) is 5.83. The normalized spacial score (nSPS) is 18.2. The van der Waals surface area contributed by atoms with E-state index in [1.54, 1.807) is 12.1 Å². The highest BCUT2D eigenvalue weighted by Crippen LogP contribution is 2.45. The molecule has 0 bridgehead atoms. The third-order valence-corrected chi connectivity index (χ3v) is 7.91. The van der Waals surface area contributed by atoms with Gasteiger partial charge < -0.3 is 4.74 Å². The molecule has 0 radical (unpaired) electrons. The number of rotatable bonds is 8. The van der Waals surface area contributed by atoms with E-state index in [4.69, 9.17) is 27.9 Å². The number of piperidine rings is 1. The molecule has 1 N–H and O–H groups in total. The van der Waals surface area contributed by atoms with Crippen LogP contribution in [-0.2, 0) is 10.0 Å². The lowest BCUT2D eigenvalue weighted by Gasteiger charge is -2.36. The molecule has 2 aromatic carbocycles. The fraction of sp³-hybridized carbons (Fsp3) is 0.480. The van der Waals surface area contributed by atoms with Gasteiger partial charge >= 0.3 is 0 Å². The summed E-state index contributed by atoms with van der Waals surface area (Å²) in [5.74, 6) is -1.60. The van der Waals surface area contributed by atoms with Gasteiger partial charge in [-0.15, -0.1) is 0 Å². The average Bonchev–Trinajstić information content (AvgIpc) is 3.65. The van der Waals surface area contributed by atoms with Gasteiger partial charge in [0.15, 0.2) is 5.82 Å². The van der Waals surface area contributed by atoms with Gasteiger partial charge in [-0.3, -0.25) is 9.69 Å². The fourth-order valence-corrected chi connectivity index (χ4v) is 5.50. The van der Waals surface area contributed by atoms with Crippen molar-refractivity contribution in [2.24, 2.45) is 5.92 Å². The molecule has 1 amide bonds. The van der Waals surface area contributed by atoms with E-state index in [1.807, 2.05) is 11.6 Å². The first-order chi connectivity index (χ1) is 16.9. The molecule has 2 fully saturated rings. The summed E-state index contributed by atoms with van der Waals surface area (Å²) in [6.45, 7) is 4.04. The number of benzene rings is 2. The van der Waals surface area contributed by atoms with Crippen molar-refractivity contribution in [2.45, 2.75) is 44.6 Å². The monoisotopic (exact) mass is 560 g/mol. The molecule has 1 aliphatic carbocycles. The fourth-order valence-electron chi connectivity index (χ4n) is 4.55. The zero-order chi connectivity index (χ0) is 26.2. The molecule has 4 rings (SSSR count). The highest BCUT2D eigenvalue weighted by atomic mass is 35.5. The summed E-state index contributed by atoms with van der Waals surface area (Å²) >= 11 is 11.9. The van der Waals surface area contributed by atoms with Crippen molar-refractivity contribution in [3.05, 3.63) is 62.6 Å². The van der Waals surface area contributed by atoms with Crippen LogP contribution in [0.1, 0.15) is 66.1 Å². The van der Waals surface area contributed by atoms with Crippen molar-refractivity contribution in [1.82, 2.24) is 9.62 Å². The Morgan fingerprint density at radius 3 is 2.28 bits per heavy atom. The van der Waals surface area contributed by atoms with Gasteiger partial charge in [0.25, 0.3) is 5.91 Å². The summed E-state index contributed by atoms with van der Waals surface area (Å²) in [6.07, 6.45) is 4.38. The molecule has 1 heterocycles. The van der Waals surface area contributed by atoms with Crippen molar-refractivity contribution in [3.63, 3.8) is 0 Å². The maximum absolute atomic E-state index is 14.7. The standard InChI is InChI=1S/C25H28Cl2F2N2O4S/c1-14(17-9-20(26)24(29)21(27)10-17)31-7-5-15(6-8-31)13-35-23-12-22(28)19(11-18(23)16-3-4-16)25(32)30-36(2,33)34/h9-12,14-16H,3-8,13H2,1-2H3,(H,30,32). The van der Waals surface area contributed by atoms with Crippen LogP contribution in [0.25, 0.3) is 0 Å². The van der Waals surface area contributed by atoms with E-state index in [2.05, 4.69) is 4.90 Å². The van der Waals surface area contributed by atoms with Crippen LogP contribution in [0.15, 0.2) is 24.3 Å². The molecule has 1 aliphatic heterocycles. The topological polar surface area (TPSA) is 75.7 Å². The molecule has 1 saturated heterocycles. The van der Waals surface area contributed by atoms with E-state index < -0.39 is 27.6 Å². The first kappa shape index (κ1) is 27.1. The van der Waals surface area contributed by atoms with Crippen LogP contribution in [0.2, 0.25) is 10.0 Å². The summed E-state index contributed by atoms with van der Waals surface area (Å²) in [7, 11) is -3.81. The number of hydrogen-bond acceptors (Lipinski definition) is 5. The number of likely N-dealkylation sites (tertiary alicyclic amines) is 1. The highest BCUT2D eigenvalue weighted by molar-refractivity contribution is 7.89. The summed E-state index contributed by atoms with van der Waals surface area (Å²) in [4.78, 5) is 14.5. The molecule has 6 nitrogen and oxygen atoms in total. The van der Waals surface area contributed by atoms with Crippen LogP contribution in [0.4, 0.5) is 8.78 Å². The predicted octanol–water partition coefficient (Wildman–Crippen LogP) is 5.69. The minimum absolute atomic E-state index is 0.00570. The number of halogens is 4. The molecule has 1 atom stereocenters. The van der Waals surface area contributed by atoms with Crippen molar-refractivity contribution in [3.8, 4) is 5.75 Å². The summed E-state index contributed by atoms with van der Waals surface area (Å²) in [5.41, 5.74) is 1.27. The minimum Gasteiger partial charge on any atom is -0.493 e. The molecule has 0 spiro atoms. The van der Waals surface area contributed by atoms with Crippen molar-refractivity contribution >= 4 is 39.1 Å². The number of hydrogen-bond donors (Lipinski definition) is 1. The van der Waals surface area contributed by atoms with Gasteiger partial charge in [0.05, 0.1) is 28.5 Å². The van der Waals surface area contributed by atoms with Gasteiger partial charge in [0.2, 0.25) is 10.0 Å². The highest BCUT2D eigenvalue weighted by Gasteiger charge is 2.31. The van der Waals surface area contributed by atoms with Crippen molar-refractivity contribution < 1.29 is 26.7 Å². The molecule has 2 aromatic rings. The summed E-state index contributed by atoms with van der Waals surface area (Å²) < 4.78 is 59.1. The van der Waals surface area contributed by atoms with Crippen molar-refractivity contribution in [2.75, 3.05) is 26.0 Å².